The Bertz CT molecular complexity index is 1340. The molecule has 3 aromatic carbocycles. The number of H-pyrrole nitrogens is 1. The number of benzene rings is 3. The Morgan fingerprint density at radius 3 is 2.64 bits per heavy atom. The van der Waals surface area contributed by atoms with E-state index in [2.05, 4.69) is 9.97 Å². The van der Waals surface area contributed by atoms with E-state index in [0.29, 0.717) is 5.56 Å². The zero-order chi connectivity index (χ0) is 19.8. The minimum atomic E-state index is -0.662. The molecule has 0 bridgehead atoms. The third-order valence-corrected chi connectivity index (χ3v) is 4.51. The second kappa shape index (κ2) is 6.79. The van der Waals surface area contributed by atoms with Gasteiger partial charge in [-0.1, -0.05) is 48.0 Å². The van der Waals surface area contributed by atoms with Crippen molar-refractivity contribution >= 4 is 50.9 Å². The Kier molecular flexibility index (Phi) is 4.29. The van der Waals surface area contributed by atoms with Gasteiger partial charge >= 0.3 is 0 Å². The number of aliphatic hydroxyl groups excluding tert-OH is 1. The highest BCUT2D eigenvalue weighted by atomic mass is 35.5. The van der Waals surface area contributed by atoms with E-state index in [-0.39, 0.29) is 33.2 Å². The summed E-state index contributed by atoms with van der Waals surface area (Å²) in [6, 6.07) is 15.6. The highest BCUT2D eigenvalue weighted by molar-refractivity contribution is 6.31. The monoisotopic (exact) mass is 393 g/mol. The smallest absolute Gasteiger partial charge is 0.296 e. The van der Waals surface area contributed by atoms with Crippen molar-refractivity contribution in [2.45, 2.75) is 0 Å². The van der Waals surface area contributed by atoms with Gasteiger partial charge in [-0.3, -0.25) is 14.9 Å². The van der Waals surface area contributed by atoms with Crippen LogP contribution in [-0.4, -0.2) is 20.0 Å². The van der Waals surface area contributed by atoms with Crippen molar-refractivity contribution in [3.63, 3.8) is 0 Å². The molecule has 0 unspecified atom stereocenters. The molecule has 1 aromatic heterocycles. The first kappa shape index (κ1) is 17.7. The number of aromatic nitrogens is 2. The van der Waals surface area contributed by atoms with Gasteiger partial charge in [-0.05, 0) is 22.9 Å². The lowest BCUT2D eigenvalue weighted by Gasteiger charge is -2.04. The maximum absolute atomic E-state index is 12.3. The lowest BCUT2D eigenvalue weighted by atomic mass is 10.1. The summed E-state index contributed by atoms with van der Waals surface area (Å²) in [7, 11) is 0. The number of nitro benzene ring substituents is 1. The first-order chi connectivity index (χ1) is 13.4. The van der Waals surface area contributed by atoms with Crippen molar-refractivity contribution in [2.75, 3.05) is 0 Å². The third-order valence-electron chi connectivity index (χ3n) is 4.29. The molecule has 0 aliphatic rings. The van der Waals surface area contributed by atoms with Gasteiger partial charge in [0.1, 0.15) is 17.0 Å². The summed E-state index contributed by atoms with van der Waals surface area (Å²) in [4.78, 5) is 29.5. The number of fused-ring (bicyclic) bond motifs is 2. The maximum Gasteiger partial charge on any atom is 0.296 e. The van der Waals surface area contributed by atoms with Crippen molar-refractivity contribution < 1.29 is 10.0 Å². The Morgan fingerprint density at radius 1 is 1.14 bits per heavy atom. The fourth-order valence-corrected chi connectivity index (χ4v) is 3.16. The van der Waals surface area contributed by atoms with Crippen LogP contribution in [0.1, 0.15) is 11.3 Å². The molecule has 2 N–H and O–H groups in total. The van der Waals surface area contributed by atoms with Crippen LogP contribution in [0.3, 0.4) is 0 Å². The fraction of sp³-hybridized carbons (Fsp3) is 0. The van der Waals surface area contributed by atoms with Crippen LogP contribution in [-0.2, 0) is 0 Å². The number of rotatable bonds is 3. The van der Waals surface area contributed by atoms with Crippen molar-refractivity contribution in [3.8, 4) is 0 Å². The zero-order valence-electron chi connectivity index (χ0n) is 14.2. The van der Waals surface area contributed by atoms with Gasteiger partial charge in [-0.15, -0.1) is 0 Å². The molecule has 28 heavy (non-hydrogen) atoms. The van der Waals surface area contributed by atoms with Crippen LogP contribution in [0.4, 0.5) is 5.69 Å². The molecule has 0 aliphatic carbocycles. The van der Waals surface area contributed by atoms with Gasteiger partial charge in [0.25, 0.3) is 11.2 Å². The summed E-state index contributed by atoms with van der Waals surface area (Å²) in [5.41, 5.74) is -0.462. The topological polar surface area (TPSA) is 109 Å². The highest BCUT2D eigenvalue weighted by Crippen LogP contribution is 2.27. The summed E-state index contributed by atoms with van der Waals surface area (Å²) in [5.74, 6) is -0.153. The standard InChI is InChI=1S/C20H12ClN3O4/c21-14-8-15-19(17(9-14)24(27)28)23-20(26)16(22-15)10-18(25)13-6-5-11-3-1-2-4-12(11)7-13/h1-10,25H,(H,23,26). The van der Waals surface area contributed by atoms with E-state index >= 15 is 0 Å². The second-order valence-corrected chi connectivity index (χ2v) is 6.56. The average molecular weight is 394 g/mol. The predicted octanol–water partition coefficient (Wildman–Crippen LogP) is 4.69. The molecule has 4 aromatic rings. The molecule has 1 heterocycles. The van der Waals surface area contributed by atoms with Gasteiger partial charge in [-0.25, -0.2) is 4.98 Å². The maximum atomic E-state index is 12.3. The van der Waals surface area contributed by atoms with Gasteiger partial charge in [-0.2, -0.15) is 0 Å². The molecule has 4 rings (SSSR count). The van der Waals surface area contributed by atoms with E-state index in [1.807, 2.05) is 30.3 Å². The van der Waals surface area contributed by atoms with Crippen molar-refractivity contribution in [1.29, 1.82) is 0 Å². The molecule has 0 amide bonds. The molecule has 0 spiro atoms. The van der Waals surface area contributed by atoms with E-state index in [0.717, 1.165) is 16.8 Å². The first-order valence-corrected chi connectivity index (χ1v) is 8.58. The Hall–Kier alpha value is -3.71. The Balaban J connectivity index is 1.84. The molecule has 0 aliphatic heterocycles. The van der Waals surface area contributed by atoms with Crippen LogP contribution in [0.15, 0.2) is 59.4 Å². The number of halogens is 1. The SMILES string of the molecule is O=c1[nH]c2c([N+](=O)[O-])cc(Cl)cc2nc1C=C(O)c1ccc2ccccc2c1. The normalized spacial score (nSPS) is 11.8. The number of hydrogen-bond acceptors (Lipinski definition) is 5. The number of nitrogens with zero attached hydrogens (tertiary/aromatic N) is 2. The second-order valence-electron chi connectivity index (χ2n) is 6.12. The quantitative estimate of drug-likeness (QED) is 0.298. The lowest BCUT2D eigenvalue weighted by molar-refractivity contribution is -0.383. The van der Waals surface area contributed by atoms with Gasteiger partial charge < -0.3 is 10.1 Å². The van der Waals surface area contributed by atoms with Crippen LogP contribution in [0, 0.1) is 10.1 Å². The lowest BCUT2D eigenvalue weighted by Crippen LogP contribution is -2.13. The summed E-state index contributed by atoms with van der Waals surface area (Å²) in [5, 5.41) is 23.7. The van der Waals surface area contributed by atoms with Crippen molar-refractivity contribution in [2.24, 2.45) is 0 Å². The third kappa shape index (κ3) is 3.19. The minimum absolute atomic E-state index is 0.0262. The summed E-state index contributed by atoms with van der Waals surface area (Å²) in [6.45, 7) is 0. The summed E-state index contributed by atoms with van der Waals surface area (Å²) in [6.07, 6.45) is 1.22. The minimum Gasteiger partial charge on any atom is -0.507 e. The van der Waals surface area contributed by atoms with E-state index in [1.54, 1.807) is 12.1 Å². The number of aromatic amines is 1. The van der Waals surface area contributed by atoms with Crippen LogP contribution >= 0.6 is 11.6 Å². The summed E-state index contributed by atoms with van der Waals surface area (Å²) < 4.78 is 0. The molecule has 0 saturated heterocycles. The fourth-order valence-electron chi connectivity index (χ4n) is 2.96. The number of nitrogens with one attached hydrogen (secondary N) is 1. The van der Waals surface area contributed by atoms with Gasteiger partial charge in [0.2, 0.25) is 0 Å². The van der Waals surface area contributed by atoms with Crippen LogP contribution < -0.4 is 5.56 Å². The van der Waals surface area contributed by atoms with E-state index in [4.69, 9.17) is 11.6 Å². The molecule has 138 valence electrons. The number of non-ortho nitro benzene ring substituents is 1. The Morgan fingerprint density at radius 2 is 1.89 bits per heavy atom. The molecule has 8 heteroatoms. The van der Waals surface area contributed by atoms with Crippen LogP contribution in [0.2, 0.25) is 5.02 Å². The van der Waals surface area contributed by atoms with Gasteiger partial charge in [0, 0.05) is 22.7 Å². The van der Waals surface area contributed by atoms with Gasteiger partial charge in [0.15, 0.2) is 0 Å². The average Bonchev–Trinajstić information content (AvgIpc) is 2.67. The zero-order valence-corrected chi connectivity index (χ0v) is 15.0. The molecule has 0 fully saturated rings. The first-order valence-electron chi connectivity index (χ1n) is 8.20. The van der Waals surface area contributed by atoms with Crippen molar-refractivity contribution in [1.82, 2.24) is 9.97 Å². The predicted molar refractivity (Wildman–Crippen MR) is 108 cm³/mol. The number of hydrogen-bond donors (Lipinski definition) is 2. The largest absolute Gasteiger partial charge is 0.507 e. The molecular weight excluding hydrogens is 382 g/mol. The van der Waals surface area contributed by atoms with E-state index in [1.165, 1.54) is 12.1 Å². The van der Waals surface area contributed by atoms with Crippen molar-refractivity contribution in [3.05, 3.63) is 91.3 Å². The molecule has 7 nitrogen and oxygen atoms in total. The number of aliphatic hydroxyl groups is 1. The molecular formula is C20H12ClN3O4. The molecule has 0 atom stereocenters. The molecule has 0 saturated carbocycles. The van der Waals surface area contributed by atoms with Crippen LogP contribution in [0.5, 0.6) is 0 Å². The Labute approximate surface area is 162 Å². The van der Waals surface area contributed by atoms with Gasteiger partial charge in [0.05, 0.1) is 10.4 Å². The van der Waals surface area contributed by atoms with E-state index < -0.39 is 10.5 Å². The molecule has 0 radical (unpaired) electrons. The van der Waals surface area contributed by atoms with E-state index in [9.17, 15) is 20.0 Å². The number of nitro groups is 1. The van der Waals surface area contributed by atoms with Crippen LogP contribution in [0.25, 0.3) is 33.6 Å². The highest BCUT2D eigenvalue weighted by Gasteiger charge is 2.17. The summed E-state index contributed by atoms with van der Waals surface area (Å²) >= 11 is 5.92.